The number of aliphatic hydroxyl groups excluding tert-OH is 2. The van der Waals surface area contributed by atoms with Crippen LogP contribution in [0.15, 0.2) is 0 Å². The van der Waals surface area contributed by atoms with Crippen molar-refractivity contribution in [2.75, 3.05) is 0 Å². The van der Waals surface area contributed by atoms with Crippen molar-refractivity contribution >= 4 is 31.3 Å². The predicted molar refractivity (Wildman–Crippen MR) is 70.8 cm³/mol. The van der Waals surface area contributed by atoms with E-state index >= 15 is 0 Å². The molecule has 0 aliphatic heterocycles. The maximum atomic E-state index is 10.9. The Morgan fingerprint density at radius 3 is 0.875 bits per heavy atom. The topological polar surface area (TPSA) is 319 Å². The number of hydrogen-bond acceptors (Lipinski definition) is 14. The Hall–Kier alpha value is 4.36. The molecule has 6 N–H and O–H groups in total. The molecule has 0 spiro atoms. The fourth-order valence-corrected chi connectivity index (χ4v) is 4.47. The van der Waals surface area contributed by atoms with E-state index < -0.39 is 67.9 Å². The van der Waals surface area contributed by atoms with Crippen LogP contribution in [-0.2, 0) is 36.4 Å². The first-order chi connectivity index (χ1) is 12.2. The predicted octanol–water partition coefficient (Wildman–Crippen LogP) is -17.9. The van der Waals surface area contributed by atoms with E-state index in [0.29, 0.717) is 0 Å². The molecule has 10 atom stereocenters. The molecule has 0 heterocycles. The molecule has 0 bridgehead atoms. The minimum atomic E-state index is -5.94. The van der Waals surface area contributed by atoms with Crippen LogP contribution in [0.25, 0.3) is 0 Å². The maximum absolute atomic E-state index is 10.9. The smallest absolute Gasteiger partial charge is 0.756 e. The van der Waals surface area contributed by atoms with Crippen LogP contribution in [0.4, 0.5) is 0 Å². The minimum Gasteiger partial charge on any atom is -0.756 e. The van der Waals surface area contributed by atoms with Gasteiger partial charge >= 0.3 is 118 Å². The molecular formula is C6H12Na4O18P4. The molecule has 0 radical (unpaired) electrons. The Morgan fingerprint density at radius 1 is 0.469 bits per heavy atom. The molecule has 6 unspecified atom stereocenters. The quantitative estimate of drug-likeness (QED) is 0.113. The molecule has 1 aliphatic rings. The standard InChI is InChI=1S/C6H16O18P4.4Na/c7-1-3(21-25(9,10)11)2(8)5(23-27(15,16)17)6(24-28(18,19)20)4(1)22-26(12,13)14;;;;/h1-8H,(H2,9,10,11)(H2,12,13,14)(H2,15,16,17)(H2,18,19,20);;;;/q;4*+1/p-4/t1-,2+,3?,4+,5-,6?;;;;. The molecular weight excluding hydrogens is 576 g/mol. The third-order valence-corrected chi connectivity index (χ3v) is 5.05. The Bertz CT molecular complexity index is 706. The second kappa shape index (κ2) is 16.5. The van der Waals surface area contributed by atoms with Gasteiger partial charge in [-0.05, 0) is 0 Å². The van der Waals surface area contributed by atoms with E-state index in [0.717, 1.165) is 0 Å². The summed E-state index contributed by atoms with van der Waals surface area (Å²) >= 11 is 0. The van der Waals surface area contributed by atoms with Crippen LogP contribution in [0.1, 0.15) is 0 Å². The normalized spacial score (nSPS) is 34.9. The van der Waals surface area contributed by atoms with Crippen LogP contribution in [0.3, 0.4) is 0 Å². The van der Waals surface area contributed by atoms with Crippen molar-refractivity contribution in [3.8, 4) is 0 Å². The summed E-state index contributed by atoms with van der Waals surface area (Å²) in [5, 5.41) is 19.9. The zero-order valence-electron chi connectivity index (χ0n) is 16.8. The number of rotatable bonds is 8. The minimum absolute atomic E-state index is 0. The van der Waals surface area contributed by atoms with E-state index in [2.05, 4.69) is 18.1 Å². The molecule has 18 nitrogen and oxygen atoms in total. The van der Waals surface area contributed by atoms with Crippen LogP contribution in [-0.4, -0.2) is 66.4 Å². The summed E-state index contributed by atoms with van der Waals surface area (Å²) in [7, 11) is -23.6. The Labute approximate surface area is 268 Å². The molecule has 1 saturated carbocycles. The van der Waals surface area contributed by atoms with Crippen molar-refractivity contribution in [2.24, 2.45) is 0 Å². The van der Waals surface area contributed by atoms with Crippen LogP contribution in [0.2, 0.25) is 0 Å². The largest absolute Gasteiger partial charge is 1.00 e. The van der Waals surface area contributed by atoms with Crippen LogP contribution >= 0.6 is 31.3 Å². The molecule has 0 aromatic carbocycles. The zero-order chi connectivity index (χ0) is 22.3. The van der Waals surface area contributed by atoms with E-state index in [1.807, 2.05) is 0 Å². The summed E-state index contributed by atoms with van der Waals surface area (Å²) in [6.07, 6.45) is -16.7. The van der Waals surface area contributed by atoms with E-state index in [-0.39, 0.29) is 118 Å². The molecule has 0 aromatic heterocycles. The molecule has 1 fully saturated rings. The van der Waals surface area contributed by atoms with Crippen molar-refractivity contribution in [3.63, 3.8) is 0 Å². The van der Waals surface area contributed by atoms with Gasteiger partial charge in [-0.15, -0.1) is 0 Å². The van der Waals surface area contributed by atoms with Gasteiger partial charge < -0.3 is 67.5 Å². The van der Waals surface area contributed by atoms with Gasteiger partial charge in [0.2, 0.25) is 0 Å². The van der Waals surface area contributed by atoms with Gasteiger partial charge in [0, 0.05) is 0 Å². The summed E-state index contributed by atoms with van der Waals surface area (Å²) in [5.74, 6) is 0. The molecule has 1 aliphatic carbocycles. The number of aliphatic hydroxyl groups is 2. The van der Waals surface area contributed by atoms with Crippen LogP contribution in [0.5, 0.6) is 0 Å². The van der Waals surface area contributed by atoms with Gasteiger partial charge in [0.1, 0.15) is 36.6 Å². The van der Waals surface area contributed by atoms with E-state index in [1.54, 1.807) is 0 Å². The average molecular weight is 588 g/mol. The number of hydrogen-bond donors (Lipinski definition) is 6. The Morgan fingerprint density at radius 2 is 0.656 bits per heavy atom. The molecule has 32 heavy (non-hydrogen) atoms. The first-order valence-electron chi connectivity index (χ1n) is 6.45. The number of phosphoric acid groups is 4. The maximum Gasteiger partial charge on any atom is 1.00 e. The van der Waals surface area contributed by atoms with E-state index in [1.165, 1.54) is 0 Å². The zero-order valence-corrected chi connectivity index (χ0v) is 28.4. The first-order valence-corrected chi connectivity index (χ1v) is 12.4. The molecule has 168 valence electrons. The van der Waals surface area contributed by atoms with Gasteiger partial charge in [-0.2, -0.15) is 0 Å². The molecule has 26 heteroatoms. The van der Waals surface area contributed by atoms with Crippen LogP contribution < -0.4 is 138 Å². The second-order valence-corrected chi connectivity index (χ2v) is 9.73. The SMILES string of the molecule is O=P([O-])(O)OC1[C@@H](O)[C@H](OP(=O)([O-])O)C(OP(=O)([O-])O)[C@H](OP(=O)([O-])O)[C@H]1O.[Na+].[Na+].[Na+].[Na+]. The summed E-state index contributed by atoms with van der Waals surface area (Å²) in [5.41, 5.74) is 0. The molecule has 0 aromatic rings. The van der Waals surface area contributed by atoms with Gasteiger partial charge in [-0.1, -0.05) is 0 Å². The summed E-state index contributed by atoms with van der Waals surface area (Å²) in [6.45, 7) is 0. The second-order valence-electron chi connectivity index (χ2n) is 5.14. The van der Waals surface area contributed by atoms with E-state index in [4.69, 9.17) is 19.6 Å². The Balaban J connectivity index is -0.000000980. The summed E-state index contributed by atoms with van der Waals surface area (Å²) in [6, 6.07) is 0. The third kappa shape index (κ3) is 16.4. The van der Waals surface area contributed by atoms with Gasteiger partial charge in [-0.3, -0.25) is 18.3 Å². The molecule has 0 amide bonds. The van der Waals surface area contributed by atoms with Crippen molar-refractivity contribution in [1.29, 1.82) is 0 Å². The monoisotopic (exact) mass is 588 g/mol. The molecule has 0 saturated heterocycles. The third-order valence-electron chi connectivity index (χ3n) is 3.01. The van der Waals surface area contributed by atoms with Crippen molar-refractivity contribution in [2.45, 2.75) is 36.6 Å². The van der Waals surface area contributed by atoms with Gasteiger partial charge in [0.15, 0.2) is 0 Å². The Kier molecular flexibility index (Phi) is 22.3. The van der Waals surface area contributed by atoms with Gasteiger partial charge in [0.05, 0.1) is 0 Å². The fraction of sp³-hybridized carbons (Fsp3) is 1.00. The number of phosphoric ester groups is 4. The van der Waals surface area contributed by atoms with Gasteiger partial charge in [-0.25, -0.2) is 0 Å². The summed E-state index contributed by atoms with van der Waals surface area (Å²) in [4.78, 5) is 78.5. The van der Waals surface area contributed by atoms with E-state index in [9.17, 15) is 48.0 Å². The average Bonchev–Trinajstić information content (AvgIpc) is 2.39. The van der Waals surface area contributed by atoms with Crippen LogP contribution in [0, 0.1) is 0 Å². The first kappa shape index (κ1) is 43.4. The fourth-order valence-electron chi connectivity index (χ4n) is 2.26. The van der Waals surface area contributed by atoms with Crippen molar-refractivity contribution in [3.05, 3.63) is 0 Å². The van der Waals surface area contributed by atoms with Crippen molar-refractivity contribution < 1.29 is 204 Å². The molecule has 1 rings (SSSR count). The van der Waals surface area contributed by atoms with Crippen molar-refractivity contribution in [1.82, 2.24) is 0 Å². The van der Waals surface area contributed by atoms with Gasteiger partial charge in [0.25, 0.3) is 31.3 Å². The summed E-state index contributed by atoms with van der Waals surface area (Å²) < 4.78 is 59.2.